The molecule has 1 aromatic carbocycles. The summed E-state index contributed by atoms with van der Waals surface area (Å²) in [5.41, 5.74) is 4.20. The van der Waals surface area contributed by atoms with Crippen LogP contribution >= 0.6 is 0 Å². The Hall–Kier alpha value is -2.95. The maximum absolute atomic E-state index is 13.2. The normalized spacial score (nSPS) is 18.7. The lowest BCUT2D eigenvalue weighted by Gasteiger charge is -2.30. The van der Waals surface area contributed by atoms with E-state index in [1.165, 1.54) is 5.57 Å². The average Bonchev–Trinajstić information content (AvgIpc) is 3.01. The van der Waals surface area contributed by atoms with Gasteiger partial charge in [-0.3, -0.25) is 14.6 Å². The maximum atomic E-state index is 13.2. The standard InChI is InChI=1S/C24H27N3O2/c28-23(26-15-12-18-10-13-25-14-11-18)16-21-20-8-4-5-9-22(20)27(24(21)29)17-19-6-2-1-3-7-19/h1-3,6-7,10-11,13-14,22H,4-5,8-9,12,15-17H2,(H,26,28). The Morgan fingerprint density at radius 2 is 1.86 bits per heavy atom. The molecule has 4 rings (SSSR count). The molecule has 2 aromatic rings. The first-order valence-corrected chi connectivity index (χ1v) is 10.4. The molecule has 1 unspecified atom stereocenters. The lowest BCUT2D eigenvalue weighted by molar-refractivity contribution is -0.129. The number of nitrogens with zero attached hydrogens (tertiary/aromatic N) is 2. The number of hydrogen-bond donors (Lipinski definition) is 1. The molecule has 29 heavy (non-hydrogen) atoms. The van der Waals surface area contributed by atoms with Crippen molar-refractivity contribution in [2.75, 3.05) is 6.54 Å². The summed E-state index contributed by atoms with van der Waals surface area (Å²) in [7, 11) is 0. The lowest BCUT2D eigenvalue weighted by atomic mass is 9.88. The number of aromatic nitrogens is 1. The number of carbonyl (C=O) groups excluding carboxylic acids is 2. The van der Waals surface area contributed by atoms with E-state index in [9.17, 15) is 9.59 Å². The minimum atomic E-state index is -0.0687. The van der Waals surface area contributed by atoms with Gasteiger partial charge >= 0.3 is 0 Å². The summed E-state index contributed by atoms with van der Waals surface area (Å²) in [6, 6.07) is 14.2. The van der Waals surface area contributed by atoms with Gasteiger partial charge in [0.1, 0.15) is 0 Å². The van der Waals surface area contributed by atoms with E-state index in [-0.39, 0.29) is 24.3 Å². The smallest absolute Gasteiger partial charge is 0.251 e. The van der Waals surface area contributed by atoms with E-state index in [0.717, 1.165) is 48.8 Å². The Labute approximate surface area is 171 Å². The number of pyridine rings is 1. The van der Waals surface area contributed by atoms with Crippen LogP contribution in [-0.4, -0.2) is 34.3 Å². The van der Waals surface area contributed by atoms with Crippen LogP contribution in [0.25, 0.3) is 0 Å². The number of hydrogen-bond acceptors (Lipinski definition) is 3. The van der Waals surface area contributed by atoms with Crippen LogP contribution in [0.1, 0.15) is 43.2 Å². The second-order valence-electron chi connectivity index (χ2n) is 7.82. The fraction of sp³-hybridized carbons (Fsp3) is 0.375. The number of amides is 2. The lowest BCUT2D eigenvalue weighted by Crippen LogP contribution is -2.36. The molecule has 1 saturated carbocycles. The Kier molecular flexibility index (Phi) is 6.03. The third-order valence-electron chi connectivity index (χ3n) is 5.88. The van der Waals surface area contributed by atoms with Crippen LogP contribution in [0.5, 0.6) is 0 Å². The molecule has 5 heteroatoms. The number of carbonyl (C=O) groups is 2. The minimum Gasteiger partial charge on any atom is -0.355 e. The van der Waals surface area contributed by atoms with E-state index in [2.05, 4.69) is 22.4 Å². The zero-order valence-corrected chi connectivity index (χ0v) is 16.6. The molecule has 2 heterocycles. The average molecular weight is 389 g/mol. The Morgan fingerprint density at radius 3 is 2.66 bits per heavy atom. The molecular formula is C24H27N3O2. The molecule has 2 amide bonds. The topological polar surface area (TPSA) is 62.3 Å². The summed E-state index contributed by atoms with van der Waals surface area (Å²) in [5, 5.41) is 2.97. The van der Waals surface area contributed by atoms with Crippen molar-refractivity contribution in [2.45, 2.75) is 51.1 Å². The zero-order chi connectivity index (χ0) is 20.1. The third kappa shape index (κ3) is 4.56. The van der Waals surface area contributed by atoms with Gasteiger partial charge in [-0.2, -0.15) is 0 Å². The van der Waals surface area contributed by atoms with Gasteiger partial charge < -0.3 is 10.2 Å². The van der Waals surface area contributed by atoms with Gasteiger partial charge in [0.15, 0.2) is 0 Å². The summed E-state index contributed by atoms with van der Waals surface area (Å²) >= 11 is 0. The molecule has 0 bridgehead atoms. The number of fused-ring (bicyclic) bond motifs is 1. The predicted molar refractivity (Wildman–Crippen MR) is 112 cm³/mol. The Morgan fingerprint density at radius 1 is 1.07 bits per heavy atom. The van der Waals surface area contributed by atoms with Crippen LogP contribution in [0.3, 0.4) is 0 Å². The summed E-state index contributed by atoms with van der Waals surface area (Å²) in [5.74, 6) is -0.0270. The van der Waals surface area contributed by atoms with E-state index < -0.39 is 0 Å². The van der Waals surface area contributed by atoms with Crippen molar-refractivity contribution in [3.05, 3.63) is 77.1 Å². The first kappa shape index (κ1) is 19.4. The molecule has 1 atom stereocenters. The van der Waals surface area contributed by atoms with Gasteiger partial charge in [0.25, 0.3) is 5.91 Å². The Bertz CT molecular complexity index is 893. The minimum absolute atomic E-state index is 0.0417. The van der Waals surface area contributed by atoms with Crippen molar-refractivity contribution >= 4 is 11.8 Å². The van der Waals surface area contributed by atoms with E-state index in [4.69, 9.17) is 0 Å². The molecule has 0 spiro atoms. The van der Waals surface area contributed by atoms with Crippen molar-refractivity contribution in [3.8, 4) is 0 Å². The number of nitrogens with one attached hydrogen (secondary N) is 1. The van der Waals surface area contributed by atoms with Gasteiger partial charge in [0.2, 0.25) is 5.91 Å². The van der Waals surface area contributed by atoms with E-state index >= 15 is 0 Å². The maximum Gasteiger partial charge on any atom is 0.251 e. The molecule has 0 saturated heterocycles. The number of rotatable bonds is 7. The highest BCUT2D eigenvalue weighted by Crippen LogP contribution is 2.38. The van der Waals surface area contributed by atoms with Gasteiger partial charge in [-0.15, -0.1) is 0 Å². The highest BCUT2D eigenvalue weighted by Gasteiger charge is 2.40. The molecule has 5 nitrogen and oxygen atoms in total. The second kappa shape index (κ2) is 9.03. The summed E-state index contributed by atoms with van der Waals surface area (Å²) in [4.78, 5) is 31.7. The third-order valence-corrected chi connectivity index (χ3v) is 5.88. The fourth-order valence-electron chi connectivity index (χ4n) is 4.41. The molecule has 1 aliphatic carbocycles. The van der Waals surface area contributed by atoms with E-state index in [1.54, 1.807) is 12.4 Å². The summed E-state index contributed by atoms with van der Waals surface area (Å²) < 4.78 is 0. The van der Waals surface area contributed by atoms with Crippen molar-refractivity contribution < 1.29 is 9.59 Å². The van der Waals surface area contributed by atoms with Crippen LogP contribution in [0, 0.1) is 0 Å². The van der Waals surface area contributed by atoms with Crippen LogP contribution in [0.2, 0.25) is 0 Å². The van der Waals surface area contributed by atoms with Crippen molar-refractivity contribution in [1.82, 2.24) is 15.2 Å². The second-order valence-corrected chi connectivity index (χ2v) is 7.82. The molecule has 150 valence electrons. The molecule has 1 aromatic heterocycles. The van der Waals surface area contributed by atoms with Gasteiger partial charge in [0, 0.05) is 31.1 Å². The fourth-order valence-corrected chi connectivity index (χ4v) is 4.41. The summed E-state index contributed by atoms with van der Waals surface area (Å²) in [6.07, 6.45) is 8.63. The van der Waals surface area contributed by atoms with Crippen LogP contribution in [0.4, 0.5) is 0 Å². The predicted octanol–water partition coefficient (Wildman–Crippen LogP) is 3.41. The first-order valence-electron chi connectivity index (χ1n) is 10.4. The van der Waals surface area contributed by atoms with Crippen LogP contribution < -0.4 is 5.32 Å². The van der Waals surface area contributed by atoms with Gasteiger partial charge in [-0.05, 0) is 54.5 Å². The van der Waals surface area contributed by atoms with Crippen LogP contribution in [-0.2, 0) is 22.6 Å². The van der Waals surface area contributed by atoms with Crippen LogP contribution in [0.15, 0.2) is 66.0 Å². The van der Waals surface area contributed by atoms with Crippen molar-refractivity contribution in [2.24, 2.45) is 0 Å². The highest BCUT2D eigenvalue weighted by molar-refractivity contribution is 6.02. The largest absolute Gasteiger partial charge is 0.355 e. The monoisotopic (exact) mass is 389 g/mol. The molecule has 1 fully saturated rings. The first-order chi connectivity index (χ1) is 14.2. The molecule has 0 radical (unpaired) electrons. The van der Waals surface area contributed by atoms with Gasteiger partial charge in [-0.25, -0.2) is 0 Å². The molecular weight excluding hydrogens is 362 g/mol. The van der Waals surface area contributed by atoms with Gasteiger partial charge in [0.05, 0.1) is 12.5 Å². The van der Waals surface area contributed by atoms with E-state index in [1.807, 2.05) is 35.2 Å². The summed E-state index contributed by atoms with van der Waals surface area (Å²) in [6.45, 7) is 1.18. The van der Waals surface area contributed by atoms with Crippen molar-refractivity contribution in [3.63, 3.8) is 0 Å². The number of benzene rings is 1. The molecule has 2 aliphatic rings. The Balaban J connectivity index is 1.40. The highest BCUT2D eigenvalue weighted by atomic mass is 16.2. The van der Waals surface area contributed by atoms with Crippen molar-refractivity contribution in [1.29, 1.82) is 0 Å². The molecule has 1 N–H and O–H groups in total. The zero-order valence-electron chi connectivity index (χ0n) is 16.6. The SMILES string of the molecule is O=C(CC1=C2CCCCC2N(Cc2ccccc2)C1=O)NCCc1ccncc1. The van der Waals surface area contributed by atoms with E-state index in [0.29, 0.717) is 13.1 Å². The molecule has 1 aliphatic heterocycles. The van der Waals surface area contributed by atoms with Gasteiger partial charge in [-0.1, -0.05) is 36.8 Å². The quantitative estimate of drug-likeness (QED) is 0.789.